The van der Waals surface area contributed by atoms with Crippen LogP contribution in [0.4, 0.5) is 22.9 Å². The van der Waals surface area contributed by atoms with Crippen molar-refractivity contribution in [3.05, 3.63) is 197 Å². The van der Waals surface area contributed by atoms with Crippen molar-refractivity contribution < 1.29 is 0 Å². The summed E-state index contributed by atoms with van der Waals surface area (Å²) >= 11 is 0. The van der Waals surface area contributed by atoms with Crippen LogP contribution in [0.3, 0.4) is 0 Å². The number of rotatable bonds is 4. The molecule has 0 unspecified atom stereocenters. The number of aromatic nitrogens is 3. The number of fused-ring (bicyclic) bond motifs is 5. The number of pyridine rings is 2. The maximum Gasteiger partial charge on any atom is 0.188 e. The summed E-state index contributed by atoms with van der Waals surface area (Å²) in [6, 6.07) is 51.9. The van der Waals surface area contributed by atoms with Crippen LogP contribution >= 0.6 is 0 Å². The molecule has 0 spiro atoms. The average molecular weight is 627 g/mol. The zero-order valence-corrected chi connectivity index (χ0v) is 26.2. The molecule has 0 bridgehead atoms. The molecular weight excluding hydrogens is 601 g/mol. The van der Waals surface area contributed by atoms with Crippen LogP contribution < -0.4 is 4.90 Å². The Morgan fingerprint density at radius 3 is 2.00 bits per heavy atom. The largest absolute Gasteiger partial charge is 0.294 e. The van der Waals surface area contributed by atoms with E-state index in [2.05, 4.69) is 122 Å². The molecule has 0 saturated heterocycles. The van der Waals surface area contributed by atoms with Crippen LogP contribution in [0.15, 0.2) is 158 Å². The Kier molecular flexibility index (Phi) is 6.37. The number of nitrogens with zero attached hydrogens (tertiary/aromatic N) is 6. The summed E-state index contributed by atoms with van der Waals surface area (Å²) in [6.07, 6.45) is 3.65. The van der Waals surface area contributed by atoms with Gasteiger partial charge in [-0.25, -0.2) is 9.83 Å². The summed E-state index contributed by atoms with van der Waals surface area (Å²) in [5, 5.41) is 11.6. The highest BCUT2D eigenvalue weighted by atomic mass is 15.2. The number of nitriles is 1. The lowest BCUT2D eigenvalue weighted by atomic mass is 9.62. The van der Waals surface area contributed by atoms with E-state index in [9.17, 15) is 5.26 Å². The summed E-state index contributed by atoms with van der Waals surface area (Å²) in [5.74, 6) is 1.54. The number of benzene rings is 5. The van der Waals surface area contributed by atoms with Gasteiger partial charge in [0.2, 0.25) is 0 Å². The molecule has 49 heavy (non-hydrogen) atoms. The van der Waals surface area contributed by atoms with Gasteiger partial charge in [0.1, 0.15) is 11.6 Å². The predicted octanol–water partition coefficient (Wildman–Crippen LogP) is 10.2. The highest BCUT2D eigenvalue weighted by molar-refractivity contribution is 6.09. The van der Waals surface area contributed by atoms with Crippen molar-refractivity contribution in [3.8, 4) is 11.9 Å². The van der Waals surface area contributed by atoms with E-state index in [4.69, 9.17) is 11.6 Å². The summed E-state index contributed by atoms with van der Waals surface area (Å²) in [4.78, 5) is 15.7. The molecule has 1 aliphatic rings. The number of hydrogen-bond acceptors (Lipinski definition) is 4. The van der Waals surface area contributed by atoms with Gasteiger partial charge in [-0.05, 0) is 82.2 Å². The Balaban J connectivity index is 1.31. The van der Waals surface area contributed by atoms with Crippen LogP contribution in [0.25, 0.3) is 32.5 Å². The third-order valence-electron chi connectivity index (χ3n) is 9.61. The Morgan fingerprint density at radius 2 is 1.29 bits per heavy atom. The van der Waals surface area contributed by atoms with E-state index in [1.807, 2.05) is 54.7 Å². The van der Waals surface area contributed by atoms with E-state index in [0.29, 0.717) is 11.3 Å². The Labute approximate surface area is 283 Å². The van der Waals surface area contributed by atoms with Gasteiger partial charge < -0.3 is 0 Å². The van der Waals surface area contributed by atoms with Crippen molar-refractivity contribution in [2.75, 3.05) is 4.90 Å². The first-order valence-electron chi connectivity index (χ1n) is 16.0. The molecule has 6 heteroatoms. The minimum atomic E-state index is -0.656. The number of hydrogen-bond donors (Lipinski definition) is 0. The standard InChI is InChI=1S/C43H26N6/c1-45-32-22-23-37-33(26-32)34-28-46-25-24-38(34)48(37)41-16-9-17-42(47-41)49-39-14-7-5-12-35(39)43(30-10-3-2-4-11-30,36-13-6-8-15-40(36)49)31-20-18-29(27-44)19-21-31/h2-26,28H. The first-order valence-corrected chi connectivity index (χ1v) is 16.0. The highest BCUT2D eigenvalue weighted by Gasteiger charge is 2.46. The summed E-state index contributed by atoms with van der Waals surface area (Å²) in [6.45, 7) is 7.59. The van der Waals surface area contributed by atoms with Crippen molar-refractivity contribution >= 4 is 44.7 Å². The minimum Gasteiger partial charge on any atom is -0.294 e. The van der Waals surface area contributed by atoms with Gasteiger partial charge in [-0.3, -0.25) is 14.5 Å². The van der Waals surface area contributed by atoms with E-state index in [-0.39, 0.29) is 0 Å². The summed E-state index contributed by atoms with van der Waals surface area (Å²) < 4.78 is 2.15. The first-order chi connectivity index (χ1) is 24.2. The van der Waals surface area contributed by atoms with Gasteiger partial charge in [-0.2, -0.15) is 5.26 Å². The third-order valence-corrected chi connectivity index (χ3v) is 9.61. The average Bonchev–Trinajstić information content (AvgIpc) is 3.51. The van der Waals surface area contributed by atoms with Gasteiger partial charge in [-0.15, -0.1) is 0 Å². The van der Waals surface area contributed by atoms with E-state index in [0.717, 1.165) is 67.1 Å². The van der Waals surface area contributed by atoms with Crippen molar-refractivity contribution in [2.45, 2.75) is 5.41 Å². The fourth-order valence-electron chi connectivity index (χ4n) is 7.60. The van der Waals surface area contributed by atoms with Crippen LogP contribution in [0.2, 0.25) is 0 Å². The third kappa shape index (κ3) is 4.12. The topological polar surface area (TPSA) is 62.1 Å². The highest BCUT2D eigenvalue weighted by Crippen LogP contribution is 2.57. The second-order valence-electron chi connectivity index (χ2n) is 12.1. The molecule has 0 fully saturated rings. The Hall–Kier alpha value is -7.02. The molecule has 3 aromatic heterocycles. The number of anilines is 3. The lowest BCUT2D eigenvalue weighted by Crippen LogP contribution is -2.37. The van der Waals surface area contributed by atoms with E-state index in [1.165, 1.54) is 0 Å². The molecule has 0 N–H and O–H groups in total. The molecule has 9 rings (SSSR count). The van der Waals surface area contributed by atoms with Crippen molar-refractivity contribution in [3.63, 3.8) is 0 Å². The van der Waals surface area contributed by atoms with Gasteiger partial charge in [0, 0.05) is 17.8 Å². The van der Waals surface area contributed by atoms with Crippen molar-refractivity contribution in [2.24, 2.45) is 0 Å². The van der Waals surface area contributed by atoms with E-state index >= 15 is 0 Å². The molecule has 0 radical (unpaired) electrons. The zero-order chi connectivity index (χ0) is 33.0. The molecule has 228 valence electrons. The molecule has 5 aromatic carbocycles. The summed E-state index contributed by atoms with van der Waals surface area (Å²) in [5.41, 5.74) is 8.98. The molecule has 4 heterocycles. The van der Waals surface area contributed by atoms with Crippen LogP contribution in [0.1, 0.15) is 27.8 Å². The van der Waals surface area contributed by atoms with E-state index in [1.54, 1.807) is 6.20 Å². The zero-order valence-electron chi connectivity index (χ0n) is 26.2. The van der Waals surface area contributed by atoms with Crippen LogP contribution in [-0.2, 0) is 5.41 Å². The Bertz CT molecular complexity index is 2590. The lowest BCUT2D eigenvalue weighted by molar-refractivity contribution is 0.730. The monoisotopic (exact) mass is 626 g/mol. The van der Waals surface area contributed by atoms with Gasteiger partial charge in [0.15, 0.2) is 5.69 Å². The molecular formula is C43H26N6. The predicted molar refractivity (Wildman–Crippen MR) is 194 cm³/mol. The fraction of sp³-hybridized carbons (Fsp3) is 0.0233. The summed E-state index contributed by atoms with van der Waals surface area (Å²) in [7, 11) is 0. The molecule has 1 aliphatic heterocycles. The van der Waals surface area contributed by atoms with Crippen molar-refractivity contribution in [1.29, 1.82) is 5.26 Å². The lowest BCUT2D eigenvalue weighted by Gasteiger charge is -2.46. The SMILES string of the molecule is [C-]#[N+]c1ccc2c(c1)c1cnccc1n2-c1cccc(N2c3ccccc3C(c3ccccc3)(c3ccc(C#N)cc3)c3ccccc32)n1. The van der Waals surface area contributed by atoms with Gasteiger partial charge >= 0.3 is 0 Å². The minimum absolute atomic E-state index is 0.586. The second-order valence-corrected chi connectivity index (χ2v) is 12.1. The van der Waals surface area contributed by atoms with Crippen LogP contribution in [0.5, 0.6) is 0 Å². The van der Waals surface area contributed by atoms with E-state index < -0.39 is 5.41 Å². The fourth-order valence-corrected chi connectivity index (χ4v) is 7.60. The van der Waals surface area contributed by atoms with Gasteiger partial charge in [-0.1, -0.05) is 91.0 Å². The molecule has 0 saturated carbocycles. The second kappa shape index (κ2) is 11.1. The molecule has 6 nitrogen and oxygen atoms in total. The molecule has 0 amide bonds. The smallest absolute Gasteiger partial charge is 0.188 e. The van der Waals surface area contributed by atoms with Crippen LogP contribution in [0, 0.1) is 17.9 Å². The molecule has 8 aromatic rings. The normalized spacial score (nSPS) is 13.0. The maximum absolute atomic E-state index is 9.65. The molecule has 0 atom stereocenters. The number of para-hydroxylation sites is 2. The maximum atomic E-state index is 9.65. The van der Waals surface area contributed by atoms with Gasteiger partial charge in [0.25, 0.3) is 0 Å². The quantitative estimate of drug-likeness (QED) is 0.182. The van der Waals surface area contributed by atoms with Crippen LogP contribution in [-0.4, -0.2) is 14.5 Å². The molecule has 0 aliphatic carbocycles. The first kappa shape index (κ1) is 28.2. The van der Waals surface area contributed by atoms with Gasteiger partial charge in [0.05, 0.1) is 46.0 Å². The Morgan fingerprint density at radius 1 is 0.633 bits per heavy atom. The van der Waals surface area contributed by atoms with Crippen molar-refractivity contribution in [1.82, 2.24) is 14.5 Å².